The standard InChI is InChI=1S/C13H14BrN3O3/c1-2-5-15-6-7-16(13(15)18)9-10-3-4-11(14)12(8-10)17(19)20/h3-4,6-8H,2,5,9H2,1H3. The summed E-state index contributed by atoms with van der Waals surface area (Å²) in [4.78, 5) is 22.5. The van der Waals surface area contributed by atoms with Gasteiger partial charge in [-0.25, -0.2) is 4.79 Å². The van der Waals surface area contributed by atoms with E-state index >= 15 is 0 Å². The molecule has 0 radical (unpaired) electrons. The minimum Gasteiger partial charge on any atom is -0.299 e. The number of benzene rings is 1. The largest absolute Gasteiger partial charge is 0.328 e. The van der Waals surface area contributed by atoms with Crippen LogP contribution in [0, 0.1) is 10.1 Å². The van der Waals surface area contributed by atoms with E-state index in [1.54, 1.807) is 33.7 Å². The van der Waals surface area contributed by atoms with Crippen LogP contribution < -0.4 is 5.69 Å². The van der Waals surface area contributed by atoms with E-state index in [0.29, 0.717) is 17.6 Å². The van der Waals surface area contributed by atoms with Gasteiger partial charge in [0.1, 0.15) is 0 Å². The second kappa shape index (κ2) is 6.04. The summed E-state index contributed by atoms with van der Waals surface area (Å²) >= 11 is 3.14. The quantitative estimate of drug-likeness (QED) is 0.621. The number of hydrogen-bond donors (Lipinski definition) is 0. The number of halogens is 1. The van der Waals surface area contributed by atoms with E-state index in [1.807, 2.05) is 6.92 Å². The van der Waals surface area contributed by atoms with Gasteiger partial charge in [0.2, 0.25) is 0 Å². The molecular formula is C13H14BrN3O3. The lowest BCUT2D eigenvalue weighted by atomic mass is 10.2. The van der Waals surface area contributed by atoms with Gasteiger partial charge in [0.05, 0.1) is 15.9 Å². The third kappa shape index (κ3) is 2.98. The molecule has 0 amide bonds. The van der Waals surface area contributed by atoms with Crippen molar-refractivity contribution < 1.29 is 4.92 Å². The number of rotatable bonds is 5. The molecule has 0 spiro atoms. The molecule has 0 atom stereocenters. The molecule has 0 saturated heterocycles. The Balaban J connectivity index is 2.29. The Hall–Kier alpha value is -1.89. The number of nitrogens with zero attached hydrogens (tertiary/aromatic N) is 3. The van der Waals surface area contributed by atoms with Crippen LogP contribution in [0.15, 0.2) is 39.9 Å². The van der Waals surface area contributed by atoms with Crippen molar-refractivity contribution in [2.24, 2.45) is 0 Å². The van der Waals surface area contributed by atoms with Gasteiger partial charge in [-0.15, -0.1) is 0 Å². The Bertz CT molecular complexity index is 690. The van der Waals surface area contributed by atoms with E-state index in [0.717, 1.165) is 12.0 Å². The van der Waals surface area contributed by atoms with Crippen molar-refractivity contribution in [1.82, 2.24) is 9.13 Å². The van der Waals surface area contributed by atoms with Crippen molar-refractivity contribution in [2.45, 2.75) is 26.4 Å². The summed E-state index contributed by atoms with van der Waals surface area (Å²) in [5.41, 5.74) is 0.622. The summed E-state index contributed by atoms with van der Waals surface area (Å²) in [5.74, 6) is 0. The fourth-order valence-electron chi connectivity index (χ4n) is 1.98. The van der Waals surface area contributed by atoms with Gasteiger partial charge >= 0.3 is 5.69 Å². The van der Waals surface area contributed by atoms with Crippen LogP contribution in [0.1, 0.15) is 18.9 Å². The molecule has 1 heterocycles. The van der Waals surface area contributed by atoms with Crippen LogP contribution in [0.5, 0.6) is 0 Å². The van der Waals surface area contributed by atoms with E-state index in [1.165, 1.54) is 6.07 Å². The molecule has 0 aliphatic carbocycles. The summed E-state index contributed by atoms with van der Waals surface area (Å²) in [6, 6.07) is 4.87. The van der Waals surface area contributed by atoms with Gasteiger partial charge in [0.15, 0.2) is 0 Å². The molecule has 7 heteroatoms. The van der Waals surface area contributed by atoms with Crippen molar-refractivity contribution in [3.63, 3.8) is 0 Å². The topological polar surface area (TPSA) is 70.1 Å². The van der Waals surface area contributed by atoms with Gasteiger partial charge in [-0.3, -0.25) is 19.2 Å². The fraction of sp³-hybridized carbons (Fsp3) is 0.308. The maximum absolute atomic E-state index is 12.0. The van der Waals surface area contributed by atoms with Gasteiger partial charge < -0.3 is 0 Å². The highest BCUT2D eigenvalue weighted by molar-refractivity contribution is 9.10. The van der Waals surface area contributed by atoms with Crippen LogP contribution in [-0.4, -0.2) is 14.1 Å². The highest BCUT2D eigenvalue weighted by Crippen LogP contribution is 2.25. The summed E-state index contributed by atoms with van der Waals surface area (Å²) in [6.07, 6.45) is 4.32. The molecule has 6 nitrogen and oxygen atoms in total. The fourth-order valence-corrected chi connectivity index (χ4v) is 2.37. The van der Waals surface area contributed by atoms with Crippen molar-refractivity contribution >= 4 is 21.6 Å². The Morgan fingerprint density at radius 3 is 2.65 bits per heavy atom. The monoisotopic (exact) mass is 339 g/mol. The lowest BCUT2D eigenvalue weighted by Gasteiger charge is -2.03. The van der Waals surface area contributed by atoms with E-state index in [-0.39, 0.29) is 11.4 Å². The minimum atomic E-state index is -0.446. The van der Waals surface area contributed by atoms with Crippen LogP contribution >= 0.6 is 15.9 Å². The maximum Gasteiger partial charge on any atom is 0.328 e. The van der Waals surface area contributed by atoms with Crippen LogP contribution in [0.3, 0.4) is 0 Å². The van der Waals surface area contributed by atoms with Gasteiger partial charge in [-0.1, -0.05) is 13.0 Å². The van der Waals surface area contributed by atoms with E-state index in [9.17, 15) is 14.9 Å². The highest BCUT2D eigenvalue weighted by atomic mass is 79.9. The third-order valence-electron chi connectivity index (χ3n) is 2.94. The minimum absolute atomic E-state index is 0.00328. The molecule has 0 aliphatic rings. The second-order valence-electron chi connectivity index (χ2n) is 4.44. The molecule has 0 N–H and O–H groups in total. The molecule has 0 bridgehead atoms. The first kappa shape index (κ1) is 14.5. The smallest absolute Gasteiger partial charge is 0.299 e. The lowest BCUT2D eigenvalue weighted by molar-refractivity contribution is -0.385. The number of aryl methyl sites for hydroxylation is 1. The zero-order chi connectivity index (χ0) is 14.7. The number of nitro groups is 1. The van der Waals surface area contributed by atoms with E-state index in [2.05, 4.69) is 15.9 Å². The second-order valence-corrected chi connectivity index (χ2v) is 5.30. The number of nitro benzene ring substituents is 1. The van der Waals surface area contributed by atoms with Gasteiger partial charge in [-0.2, -0.15) is 0 Å². The Morgan fingerprint density at radius 2 is 2.00 bits per heavy atom. The molecule has 2 rings (SSSR count). The molecule has 0 saturated carbocycles. The SMILES string of the molecule is CCCn1ccn(Cc2ccc(Br)c([N+](=O)[O-])c2)c1=O. The van der Waals surface area contributed by atoms with Gasteiger partial charge in [0.25, 0.3) is 5.69 Å². The molecular weight excluding hydrogens is 326 g/mol. The average Bonchev–Trinajstić information content (AvgIpc) is 2.74. The normalized spacial score (nSPS) is 10.7. The number of imidazole rings is 1. The first-order chi connectivity index (χ1) is 9.52. The maximum atomic E-state index is 12.0. The zero-order valence-corrected chi connectivity index (χ0v) is 12.5. The van der Waals surface area contributed by atoms with Crippen molar-refractivity contribution in [2.75, 3.05) is 0 Å². The van der Waals surface area contributed by atoms with Gasteiger partial charge in [0, 0.05) is 25.0 Å². The van der Waals surface area contributed by atoms with E-state index in [4.69, 9.17) is 0 Å². The average molecular weight is 340 g/mol. The molecule has 1 aromatic carbocycles. The number of hydrogen-bond acceptors (Lipinski definition) is 3. The molecule has 106 valence electrons. The Kier molecular flexibility index (Phi) is 4.39. The molecule has 2 aromatic rings. The van der Waals surface area contributed by atoms with Gasteiger partial charge in [-0.05, 0) is 34.0 Å². The molecule has 0 unspecified atom stereocenters. The molecule has 20 heavy (non-hydrogen) atoms. The number of aromatic nitrogens is 2. The van der Waals surface area contributed by atoms with Crippen LogP contribution in [0.4, 0.5) is 5.69 Å². The molecule has 1 aromatic heterocycles. The highest BCUT2D eigenvalue weighted by Gasteiger charge is 2.13. The summed E-state index contributed by atoms with van der Waals surface area (Å²) < 4.78 is 3.61. The first-order valence-corrected chi connectivity index (χ1v) is 7.00. The van der Waals surface area contributed by atoms with Crippen LogP contribution in [0.25, 0.3) is 0 Å². The van der Waals surface area contributed by atoms with Crippen molar-refractivity contribution in [3.8, 4) is 0 Å². The zero-order valence-electron chi connectivity index (χ0n) is 11.0. The van der Waals surface area contributed by atoms with Crippen molar-refractivity contribution in [3.05, 3.63) is 61.2 Å². The summed E-state index contributed by atoms with van der Waals surface area (Å²) in [6.45, 7) is 3.00. The predicted molar refractivity (Wildman–Crippen MR) is 78.9 cm³/mol. The van der Waals surface area contributed by atoms with Crippen molar-refractivity contribution in [1.29, 1.82) is 0 Å². The summed E-state index contributed by atoms with van der Waals surface area (Å²) in [7, 11) is 0. The van der Waals surface area contributed by atoms with Crippen LogP contribution in [-0.2, 0) is 13.1 Å². The molecule has 0 aliphatic heterocycles. The predicted octanol–water partition coefficient (Wildman–Crippen LogP) is 2.78. The van der Waals surface area contributed by atoms with E-state index < -0.39 is 4.92 Å². The lowest BCUT2D eigenvalue weighted by Crippen LogP contribution is -2.24. The summed E-state index contributed by atoms with van der Waals surface area (Å²) in [5, 5.41) is 10.9. The first-order valence-electron chi connectivity index (χ1n) is 6.21. The Labute approximate surface area is 123 Å². The Morgan fingerprint density at radius 1 is 1.30 bits per heavy atom. The van der Waals surface area contributed by atoms with Crippen LogP contribution in [0.2, 0.25) is 0 Å². The molecule has 0 fully saturated rings. The third-order valence-corrected chi connectivity index (χ3v) is 3.61.